The first-order valence-electron chi connectivity index (χ1n) is 6.16. The average molecular weight is 236 g/mol. The summed E-state index contributed by atoms with van der Waals surface area (Å²) in [6.45, 7) is 1.95. The summed E-state index contributed by atoms with van der Waals surface area (Å²) >= 11 is 0. The fraction of sp³-hybridized carbons (Fsp3) is 0.250. The molecular formula is C16H16N2. The summed E-state index contributed by atoms with van der Waals surface area (Å²) in [4.78, 5) is 8.16. The molecule has 1 aromatic heterocycles. The SMILES string of the molecule is Cc1cc(C#CCCCc2ccccc2)ncn1. The van der Waals surface area contributed by atoms with Gasteiger partial charge in [0.05, 0.1) is 0 Å². The molecule has 18 heavy (non-hydrogen) atoms. The lowest BCUT2D eigenvalue weighted by molar-refractivity contribution is 0.857. The van der Waals surface area contributed by atoms with E-state index in [0.29, 0.717) is 0 Å². The molecule has 0 spiro atoms. The Morgan fingerprint density at radius 3 is 2.72 bits per heavy atom. The topological polar surface area (TPSA) is 25.8 Å². The number of rotatable bonds is 3. The van der Waals surface area contributed by atoms with Crippen molar-refractivity contribution in [3.05, 3.63) is 59.7 Å². The Bertz CT molecular complexity index is 550. The highest BCUT2D eigenvalue weighted by Gasteiger charge is 1.91. The van der Waals surface area contributed by atoms with E-state index in [1.165, 1.54) is 5.56 Å². The van der Waals surface area contributed by atoms with Crippen molar-refractivity contribution in [2.45, 2.75) is 26.2 Å². The molecule has 2 heteroatoms. The lowest BCUT2D eigenvalue weighted by Gasteiger charge is -1.96. The van der Waals surface area contributed by atoms with Crippen LogP contribution in [0.1, 0.15) is 29.8 Å². The molecule has 0 amide bonds. The monoisotopic (exact) mass is 236 g/mol. The molecule has 0 fully saturated rings. The normalized spacial score (nSPS) is 9.61. The minimum absolute atomic E-state index is 0.808. The summed E-state index contributed by atoms with van der Waals surface area (Å²) < 4.78 is 0. The summed E-state index contributed by atoms with van der Waals surface area (Å²) in [5.41, 5.74) is 3.14. The third-order valence-corrected chi connectivity index (χ3v) is 2.63. The summed E-state index contributed by atoms with van der Waals surface area (Å²) in [5.74, 6) is 6.23. The molecule has 0 aliphatic rings. The van der Waals surface area contributed by atoms with Gasteiger partial charge in [0.1, 0.15) is 12.0 Å². The first-order chi connectivity index (χ1) is 8.84. The Balaban J connectivity index is 1.79. The summed E-state index contributed by atoms with van der Waals surface area (Å²) in [6.07, 6.45) is 4.63. The van der Waals surface area contributed by atoms with Crippen molar-refractivity contribution in [3.63, 3.8) is 0 Å². The predicted molar refractivity (Wildman–Crippen MR) is 73.0 cm³/mol. The third-order valence-electron chi connectivity index (χ3n) is 2.63. The fourth-order valence-electron chi connectivity index (χ4n) is 1.70. The van der Waals surface area contributed by atoms with Gasteiger partial charge in [-0.3, -0.25) is 0 Å². The zero-order valence-electron chi connectivity index (χ0n) is 10.6. The predicted octanol–water partition coefficient (Wildman–Crippen LogP) is 3.16. The van der Waals surface area contributed by atoms with Gasteiger partial charge in [0.25, 0.3) is 0 Å². The van der Waals surface area contributed by atoms with E-state index >= 15 is 0 Å². The van der Waals surface area contributed by atoms with Crippen LogP contribution in [0.2, 0.25) is 0 Å². The molecule has 1 heterocycles. The lowest BCUT2D eigenvalue weighted by atomic mass is 10.1. The Kier molecular flexibility index (Phi) is 4.49. The van der Waals surface area contributed by atoms with Gasteiger partial charge >= 0.3 is 0 Å². The highest BCUT2D eigenvalue weighted by molar-refractivity contribution is 5.27. The van der Waals surface area contributed by atoms with Crippen LogP contribution in [-0.2, 0) is 6.42 Å². The van der Waals surface area contributed by atoms with Gasteiger partial charge in [-0.2, -0.15) is 0 Å². The molecule has 0 saturated carbocycles. The number of unbranched alkanes of at least 4 members (excludes halogenated alkanes) is 1. The van der Waals surface area contributed by atoms with Gasteiger partial charge in [-0.25, -0.2) is 9.97 Å². The van der Waals surface area contributed by atoms with Crippen molar-refractivity contribution < 1.29 is 0 Å². The van der Waals surface area contributed by atoms with Crippen LogP contribution in [0, 0.1) is 18.8 Å². The zero-order valence-corrected chi connectivity index (χ0v) is 10.6. The van der Waals surface area contributed by atoms with E-state index in [2.05, 4.69) is 46.1 Å². The number of hydrogen-bond acceptors (Lipinski definition) is 2. The maximum absolute atomic E-state index is 4.11. The standard InChI is InChI=1S/C16H16N2/c1-14-12-16(18-13-17-14)11-7-3-6-10-15-8-4-2-5-9-15/h2,4-5,8-9,12-13H,3,6,10H2,1H3. The van der Waals surface area contributed by atoms with Crippen LogP contribution in [0.5, 0.6) is 0 Å². The van der Waals surface area contributed by atoms with E-state index in [9.17, 15) is 0 Å². The molecule has 0 N–H and O–H groups in total. The van der Waals surface area contributed by atoms with Gasteiger partial charge in [0.15, 0.2) is 0 Å². The molecular weight excluding hydrogens is 220 g/mol. The van der Waals surface area contributed by atoms with Crippen LogP contribution < -0.4 is 0 Å². The minimum atomic E-state index is 0.808. The Hall–Kier alpha value is -2.14. The van der Waals surface area contributed by atoms with E-state index in [1.54, 1.807) is 6.33 Å². The maximum atomic E-state index is 4.11. The second-order valence-electron chi connectivity index (χ2n) is 4.19. The van der Waals surface area contributed by atoms with E-state index in [4.69, 9.17) is 0 Å². The van der Waals surface area contributed by atoms with Crippen LogP contribution in [0.4, 0.5) is 0 Å². The molecule has 2 rings (SSSR count). The first-order valence-corrected chi connectivity index (χ1v) is 6.16. The second kappa shape index (κ2) is 6.56. The molecule has 0 saturated heterocycles. The van der Waals surface area contributed by atoms with Crippen LogP contribution in [0.25, 0.3) is 0 Å². The molecule has 0 bridgehead atoms. The number of benzene rings is 1. The highest BCUT2D eigenvalue weighted by atomic mass is 14.8. The van der Waals surface area contributed by atoms with Crippen LogP contribution in [0.15, 0.2) is 42.7 Å². The Morgan fingerprint density at radius 2 is 1.94 bits per heavy atom. The third kappa shape index (κ3) is 4.03. The van der Waals surface area contributed by atoms with Crippen molar-refractivity contribution in [1.29, 1.82) is 0 Å². The second-order valence-corrected chi connectivity index (χ2v) is 4.19. The van der Waals surface area contributed by atoms with E-state index < -0.39 is 0 Å². The van der Waals surface area contributed by atoms with Gasteiger partial charge in [0, 0.05) is 12.1 Å². The Morgan fingerprint density at radius 1 is 1.11 bits per heavy atom. The molecule has 1 aromatic carbocycles. The van der Waals surface area contributed by atoms with E-state index in [1.807, 2.05) is 19.1 Å². The van der Waals surface area contributed by atoms with Crippen LogP contribution >= 0.6 is 0 Å². The van der Waals surface area contributed by atoms with Crippen molar-refractivity contribution in [3.8, 4) is 11.8 Å². The first kappa shape index (κ1) is 12.3. The fourth-order valence-corrected chi connectivity index (χ4v) is 1.70. The average Bonchev–Trinajstić information content (AvgIpc) is 2.40. The number of hydrogen-bond donors (Lipinski definition) is 0. The van der Waals surface area contributed by atoms with E-state index in [0.717, 1.165) is 30.7 Å². The number of aromatic nitrogens is 2. The van der Waals surface area contributed by atoms with Gasteiger partial charge in [-0.05, 0) is 37.3 Å². The molecule has 0 aliphatic carbocycles. The van der Waals surface area contributed by atoms with Gasteiger partial charge in [-0.15, -0.1) is 0 Å². The largest absolute Gasteiger partial charge is 0.242 e. The van der Waals surface area contributed by atoms with Gasteiger partial charge in [0.2, 0.25) is 0 Å². The van der Waals surface area contributed by atoms with Crippen LogP contribution in [-0.4, -0.2) is 9.97 Å². The van der Waals surface area contributed by atoms with Gasteiger partial charge < -0.3 is 0 Å². The number of nitrogens with zero attached hydrogens (tertiary/aromatic N) is 2. The molecule has 0 unspecified atom stereocenters. The summed E-state index contributed by atoms with van der Waals surface area (Å²) in [7, 11) is 0. The van der Waals surface area contributed by atoms with Crippen LogP contribution in [0.3, 0.4) is 0 Å². The quantitative estimate of drug-likeness (QED) is 0.604. The molecule has 2 aromatic rings. The van der Waals surface area contributed by atoms with Crippen molar-refractivity contribution in [2.24, 2.45) is 0 Å². The van der Waals surface area contributed by atoms with Crippen molar-refractivity contribution in [1.82, 2.24) is 9.97 Å². The molecule has 0 radical (unpaired) electrons. The van der Waals surface area contributed by atoms with E-state index in [-0.39, 0.29) is 0 Å². The summed E-state index contributed by atoms with van der Waals surface area (Å²) in [6, 6.07) is 12.4. The lowest BCUT2D eigenvalue weighted by Crippen LogP contribution is -1.87. The van der Waals surface area contributed by atoms with Crippen molar-refractivity contribution >= 4 is 0 Å². The Labute approximate surface area is 108 Å². The zero-order chi connectivity index (χ0) is 12.6. The summed E-state index contributed by atoms with van der Waals surface area (Å²) in [5, 5.41) is 0. The highest BCUT2D eigenvalue weighted by Crippen LogP contribution is 2.03. The molecule has 2 nitrogen and oxygen atoms in total. The van der Waals surface area contributed by atoms with Crippen molar-refractivity contribution in [2.75, 3.05) is 0 Å². The number of aryl methyl sites for hydroxylation is 2. The van der Waals surface area contributed by atoms with Gasteiger partial charge in [-0.1, -0.05) is 36.3 Å². The maximum Gasteiger partial charge on any atom is 0.117 e. The molecule has 0 atom stereocenters. The molecule has 90 valence electrons. The molecule has 0 aliphatic heterocycles. The minimum Gasteiger partial charge on any atom is -0.242 e. The smallest absolute Gasteiger partial charge is 0.117 e.